The number of alkyl halides is 3. The highest BCUT2D eigenvalue weighted by Crippen LogP contribution is 2.41. The van der Waals surface area contributed by atoms with E-state index in [2.05, 4.69) is 15.4 Å². The van der Waals surface area contributed by atoms with Crippen LogP contribution < -0.4 is 10.9 Å². The van der Waals surface area contributed by atoms with E-state index in [-0.39, 0.29) is 35.2 Å². The molecule has 35 heavy (non-hydrogen) atoms. The van der Waals surface area contributed by atoms with Crippen LogP contribution in [0.4, 0.5) is 13.2 Å². The molecule has 5 rings (SSSR count). The van der Waals surface area contributed by atoms with Gasteiger partial charge in [-0.3, -0.25) is 14.2 Å². The van der Waals surface area contributed by atoms with E-state index in [1.165, 1.54) is 33.9 Å². The summed E-state index contributed by atoms with van der Waals surface area (Å²) in [6, 6.07) is 12.5. The molecule has 1 saturated carbocycles. The van der Waals surface area contributed by atoms with Crippen molar-refractivity contribution in [2.24, 2.45) is 5.92 Å². The Morgan fingerprint density at radius 3 is 2.60 bits per heavy atom. The fourth-order valence-corrected chi connectivity index (χ4v) is 4.11. The molecule has 1 atom stereocenters. The molecule has 1 amide bonds. The van der Waals surface area contributed by atoms with Crippen LogP contribution in [-0.4, -0.2) is 25.2 Å². The predicted octanol–water partition coefficient (Wildman–Crippen LogP) is 4.18. The number of hydrogen-bond donors (Lipinski definition) is 1. The summed E-state index contributed by atoms with van der Waals surface area (Å²) in [5.41, 5.74) is 1.06. The van der Waals surface area contributed by atoms with Gasteiger partial charge in [0, 0.05) is 0 Å². The largest absolute Gasteiger partial charge is 0.416 e. The number of carbonyl (C=O) groups excluding carboxylic acids is 1. The van der Waals surface area contributed by atoms with E-state index < -0.39 is 17.3 Å². The van der Waals surface area contributed by atoms with Gasteiger partial charge in [-0.25, -0.2) is 9.67 Å². The van der Waals surface area contributed by atoms with Crippen LogP contribution >= 0.6 is 0 Å². The fraction of sp³-hybridized carbons (Fsp3) is 0.280. The molecule has 0 bridgehead atoms. The Balaban J connectivity index is 1.38. The summed E-state index contributed by atoms with van der Waals surface area (Å²) in [6.07, 6.45) is 0.0120. The number of nitrogens with zero attached hydrogens (tertiary/aromatic N) is 4. The Morgan fingerprint density at radius 2 is 1.91 bits per heavy atom. The Morgan fingerprint density at radius 1 is 1.17 bits per heavy atom. The summed E-state index contributed by atoms with van der Waals surface area (Å²) in [4.78, 5) is 30.0. The van der Waals surface area contributed by atoms with Crippen LogP contribution in [0.2, 0.25) is 0 Å². The van der Waals surface area contributed by atoms with Crippen LogP contribution in [0.25, 0.3) is 16.7 Å². The number of nitrogens with one attached hydrogen (secondary N) is 1. The first-order valence-electron chi connectivity index (χ1n) is 11.2. The number of rotatable bonds is 6. The summed E-state index contributed by atoms with van der Waals surface area (Å²) >= 11 is 0. The van der Waals surface area contributed by atoms with Crippen LogP contribution in [0.5, 0.6) is 0 Å². The van der Waals surface area contributed by atoms with Gasteiger partial charge in [0.1, 0.15) is 18.3 Å². The Bertz CT molecular complexity index is 1450. The molecule has 2 aromatic carbocycles. The Labute approximate surface area is 198 Å². The van der Waals surface area contributed by atoms with Gasteiger partial charge in [-0.05, 0) is 49.4 Å². The van der Waals surface area contributed by atoms with Gasteiger partial charge in [-0.2, -0.15) is 18.3 Å². The van der Waals surface area contributed by atoms with E-state index in [0.29, 0.717) is 5.92 Å². The zero-order valence-electron chi connectivity index (χ0n) is 18.8. The van der Waals surface area contributed by atoms with Crippen molar-refractivity contribution in [3.63, 3.8) is 0 Å². The smallest absolute Gasteiger partial charge is 0.347 e. The predicted molar refractivity (Wildman–Crippen MR) is 123 cm³/mol. The summed E-state index contributed by atoms with van der Waals surface area (Å²) in [5.74, 6) is 0.0423. The number of aryl methyl sites for hydroxylation is 1. The second-order valence-corrected chi connectivity index (χ2v) is 8.81. The molecular weight excluding hydrogens is 459 g/mol. The van der Waals surface area contributed by atoms with Crippen LogP contribution in [0.1, 0.15) is 35.6 Å². The molecule has 10 heteroatoms. The maximum absolute atomic E-state index is 13.1. The highest BCUT2D eigenvalue weighted by atomic mass is 19.4. The summed E-state index contributed by atoms with van der Waals surface area (Å²) in [6.45, 7) is 1.77. The SMILES string of the molecule is Cc1ccc(C(NC(=O)Cn2cnc3c(cnn3-c3cccc(C(F)(F)F)c3)c2=O)C2CC2)cc1. The maximum Gasteiger partial charge on any atom is 0.416 e. The lowest BCUT2D eigenvalue weighted by molar-refractivity contribution is -0.137. The number of halogens is 3. The van der Waals surface area contributed by atoms with Crippen molar-refractivity contribution in [2.45, 2.75) is 38.5 Å². The second kappa shape index (κ2) is 8.68. The molecule has 4 aromatic rings. The van der Waals surface area contributed by atoms with E-state index in [4.69, 9.17) is 0 Å². The topological polar surface area (TPSA) is 81.8 Å². The number of benzene rings is 2. The van der Waals surface area contributed by atoms with Crippen molar-refractivity contribution in [2.75, 3.05) is 0 Å². The molecule has 0 saturated heterocycles. The van der Waals surface area contributed by atoms with E-state index >= 15 is 0 Å². The minimum atomic E-state index is -4.51. The van der Waals surface area contributed by atoms with Crippen molar-refractivity contribution in [1.29, 1.82) is 0 Å². The molecule has 0 spiro atoms. The highest BCUT2D eigenvalue weighted by molar-refractivity contribution is 5.78. The normalized spacial score (nSPS) is 14.7. The van der Waals surface area contributed by atoms with Crippen molar-refractivity contribution in [3.05, 3.63) is 88.1 Å². The van der Waals surface area contributed by atoms with Crippen LogP contribution in [-0.2, 0) is 17.5 Å². The van der Waals surface area contributed by atoms with E-state index in [0.717, 1.165) is 36.1 Å². The minimum absolute atomic E-state index is 0.106. The first-order valence-corrected chi connectivity index (χ1v) is 11.2. The number of fused-ring (bicyclic) bond motifs is 1. The average molecular weight is 481 g/mol. The zero-order valence-corrected chi connectivity index (χ0v) is 18.8. The van der Waals surface area contributed by atoms with Crippen LogP contribution in [0.3, 0.4) is 0 Å². The van der Waals surface area contributed by atoms with Gasteiger partial charge in [0.15, 0.2) is 5.65 Å². The third-order valence-corrected chi connectivity index (χ3v) is 6.13. The monoisotopic (exact) mass is 481 g/mol. The molecular formula is C25H22F3N5O2. The minimum Gasteiger partial charge on any atom is -0.347 e. The van der Waals surface area contributed by atoms with Gasteiger partial charge in [0.25, 0.3) is 5.56 Å². The lowest BCUT2D eigenvalue weighted by Crippen LogP contribution is -2.35. The Kier molecular flexibility index (Phi) is 5.66. The van der Waals surface area contributed by atoms with Crippen LogP contribution in [0.15, 0.2) is 65.8 Å². The average Bonchev–Trinajstić information content (AvgIpc) is 3.57. The number of amides is 1. The van der Waals surface area contributed by atoms with Gasteiger partial charge >= 0.3 is 6.18 Å². The van der Waals surface area contributed by atoms with E-state index in [1.807, 2.05) is 31.2 Å². The molecule has 2 aromatic heterocycles. The highest BCUT2D eigenvalue weighted by Gasteiger charge is 2.33. The number of aromatic nitrogens is 4. The van der Waals surface area contributed by atoms with Crippen molar-refractivity contribution >= 4 is 16.9 Å². The van der Waals surface area contributed by atoms with Crippen LogP contribution in [0, 0.1) is 12.8 Å². The third kappa shape index (κ3) is 4.68. The molecule has 7 nitrogen and oxygen atoms in total. The van der Waals surface area contributed by atoms with Gasteiger partial charge in [-0.1, -0.05) is 35.9 Å². The summed E-state index contributed by atoms with van der Waals surface area (Å²) < 4.78 is 41.6. The molecule has 1 aliphatic rings. The summed E-state index contributed by atoms with van der Waals surface area (Å²) in [5, 5.41) is 7.21. The van der Waals surface area contributed by atoms with Gasteiger partial charge in [-0.15, -0.1) is 0 Å². The number of carbonyl (C=O) groups is 1. The maximum atomic E-state index is 13.1. The van der Waals surface area contributed by atoms with Crippen molar-refractivity contribution < 1.29 is 18.0 Å². The first-order chi connectivity index (χ1) is 16.7. The lowest BCUT2D eigenvalue weighted by Gasteiger charge is -2.19. The first kappa shape index (κ1) is 22.8. The van der Waals surface area contributed by atoms with Crippen molar-refractivity contribution in [3.8, 4) is 5.69 Å². The van der Waals surface area contributed by atoms with Gasteiger partial charge in [0.2, 0.25) is 5.91 Å². The van der Waals surface area contributed by atoms with Gasteiger partial charge < -0.3 is 5.32 Å². The lowest BCUT2D eigenvalue weighted by atomic mass is 10.0. The standard InChI is InChI=1S/C25H22F3N5O2/c1-15-5-7-16(8-6-15)22(17-9-10-17)31-21(34)13-32-14-29-23-20(24(32)35)12-30-33(23)19-4-2-3-18(11-19)25(26,27)28/h2-8,11-12,14,17,22H,9-10,13H2,1H3,(H,31,34). The molecule has 1 unspecified atom stereocenters. The molecule has 0 aliphatic heterocycles. The van der Waals surface area contributed by atoms with Gasteiger partial charge in [0.05, 0.1) is 23.5 Å². The molecule has 1 N–H and O–H groups in total. The van der Waals surface area contributed by atoms with E-state index in [9.17, 15) is 22.8 Å². The Hall–Kier alpha value is -3.95. The molecule has 180 valence electrons. The molecule has 2 heterocycles. The molecule has 1 fully saturated rings. The fourth-order valence-electron chi connectivity index (χ4n) is 4.11. The van der Waals surface area contributed by atoms with E-state index in [1.54, 1.807) is 0 Å². The quantitative estimate of drug-likeness (QED) is 0.448. The third-order valence-electron chi connectivity index (χ3n) is 6.13. The zero-order chi connectivity index (χ0) is 24.7. The number of hydrogen-bond acceptors (Lipinski definition) is 4. The molecule has 1 aliphatic carbocycles. The summed E-state index contributed by atoms with van der Waals surface area (Å²) in [7, 11) is 0. The second-order valence-electron chi connectivity index (χ2n) is 8.81. The molecule has 0 radical (unpaired) electrons. The van der Waals surface area contributed by atoms with Crippen molar-refractivity contribution in [1.82, 2.24) is 24.6 Å².